The number of likely N-dealkylation sites (tertiary alicyclic amines) is 1. The van der Waals surface area contributed by atoms with Crippen LogP contribution in [-0.2, 0) is 4.79 Å². The first-order chi connectivity index (χ1) is 13.0. The van der Waals surface area contributed by atoms with Crippen molar-refractivity contribution in [3.05, 3.63) is 39.4 Å². The lowest BCUT2D eigenvalue weighted by molar-refractivity contribution is -0.385. The van der Waals surface area contributed by atoms with Crippen LogP contribution in [0.4, 0.5) is 5.69 Å². The van der Waals surface area contributed by atoms with Crippen LogP contribution in [0.3, 0.4) is 0 Å². The molecule has 0 radical (unpaired) electrons. The first-order valence-corrected chi connectivity index (χ1v) is 9.51. The number of halogens is 1. The maximum Gasteiger partial charge on any atom is 0.282 e. The summed E-state index contributed by atoms with van der Waals surface area (Å²) < 4.78 is 0. The van der Waals surface area contributed by atoms with Gasteiger partial charge in [-0.05, 0) is 56.7 Å². The fourth-order valence-corrected chi connectivity index (χ4v) is 3.84. The van der Waals surface area contributed by atoms with Crippen LogP contribution < -0.4 is 10.6 Å². The zero-order chi connectivity index (χ0) is 19.4. The summed E-state index contributed by atoms with van der Waals surface area (Å²) in [5.74, 6) is -0.124. The van der Waals surface area contributed by atoms with E-state index in [0.717, 1.165) is 37.8 Å². The molecule has 2 atom stereocenters. The van der Waals surface area contributed by atoms with Gasteiger partial charge in [0.25, 0.3) is 11.6 Å². The molecule has 8 nitrogen and oxygen atoms in total. The van der Waals surface area contributed by atoms with E-state index in [0.29, 0.717) is 19.6 Å². The number of rotatable bonds is 5. The maximum atomic E-state index is 12.9. The monoisotopic (exact) mass is 410 g/mol. The summed E-state index contributed by atoms with van der Waals surface area (Å²) in [6.45, 7) is 4.29. The SMILES string of the molecule is Cc1ccc([N+](=O)[O-])c(C(=O)N2CCCC(CNC(=O)C3CCCN3)C2)c1.Cl. The molecular weight excluding hydrogens is 384 g/mol. The topological polar surface area (TPSA) is 105 Å². The molecule has 1 aromatic carbocycles. The number of nitrogens with one attached hydrogen (secondary N) is 2. The van der Waals surface area contributed by atoms with E-state index in [1.807, 2.05) is 6.92 Å². The Morgan fingerprint density at radius 3 is 2.79 bits per heavy atom. The number of aryl methyl sites for hydroxylation is 1. The number of benzene rings is 1. The van der Waals surface area contributed by atoms with Gasteiger partial charge in [0, 0.05) is 25.7 Å². The predicted octanol–water partition coefficient (Wildman–Crippen LogP) is 2.05. The van der Waals surface area contributed by atoms with E-state index in [1.165, 1.54) is 6.07 Å². The molecular formula is C19H27ClN4O4. The molecule has 2 heterocycles. The van der Waals surface area contributed by atoms with Gasteiger partial charge >= 0.3 is 0 Å². The lowest BCUT2D eigenvalue weighted by Crippen LogP contribution is -2.46. The van der Waals surface area contributed by atoms with Crippen molar-refractivity contribution in [1.29, 1.82) is 0 Å². The van der Waals surface area contributed by atoms with Gasteiger partial charge in [0.1, 0.15) is 5.56 Å². The number of amides is 2. The van der Waals surface area contributed by atoms with Gasteiger partial charge in [0.05, 0.1) is 11.0 Å². The molecule has 1 aromatic rings. The lowest BCUT2D eigenvalue weighted by atomic mass is 9.96. The van der Waals surface area contributed by atoms with E-state index >= 15 is 0 Å². The van der Waals surface area contributed by atoms with Crippen LogP contribution in [0.2, 0.25) is 0 Å². The van der Waals surface area contributed by atoms with Crippen molar-refractivity contribution in [1.82, 2.24) is 15.5 Å². The second-order valence-corrected chi connectivity index (χ2v) is 7.43. The van der Waals surface area contributed by atoms with Crippen molar-refractivity contribution in [3.8, 4) is 0 Å². The maximum absolute atomic E-state index is 12.9. The second-order valence-electron chi connectivity index (χ2n) is 7.43. The molecule has 2 amide bonds. The predicted molar refractivity (Wildman–Crippen MR) is 108 cm³/mol. The molecule has 0 spiro atoms. The minimum absolute atomic E-state index is 0. The summed E-state index contributed by atoms with van der Waals surface area (Å²) in [7, 11) is 0. The smallest absolute Gasteiger partial charge is 0.282 e. The van der Waals surface area contributed by atoms with E-state index in [4.69, 9.17) is 0 Å². The van der Waals surface area contributed by atoms with Gasteiger partial charge in [-0.25, -0.2) is 0 Å². The van der Waals surface area contributed by atoms with Gasteiger partial charge < -0.3 is 15.5 Å². The number of carbonyl (C=O) groups excluding carboxylic acids is 2. The Hall–Kier alpha value is -2.19. The molecule has 2 aliphatic heterocycles. The number of hydrogen-bond donors (Lipinski definition) is 2. The Labute approximate surface area is 170 Å². The third kappa shape index (κ3) is 5.20. The van der Waals surface area contributed by atoms with Crippen molar-refractivity contribution in [2.45, 2.75) is 38.6 Å². The van der Waals surface area contributed by atoms with E-state index in [2.05, 4.69) is 10.6 Å². The highest BCUT2D eigenvalue weighted by atomic mass is 35.5. The van der Waals surface area contributed by atoms with Crippen molar-refractivity contribution < 1.29 is 14.5 Å². The van der Waals surface area contributed by atoms with E-state index < -0.39 is 4.92 Å². The molecule has 0 aliphatic carbocycles. The fourth-order valence-electron chi connectivity index (χ4n) is 3.84. The van der Waals surface area contributed by atoms with E-state index in [1.54, 1.807) is 17.0 Å². The number of nitrogens with zero attached hydrogens (tertiary/aromatic N) is 2. The zero-order valence-electron chi connectivity index (χ0n) is 16.0. The molecule has 2 unspecified atom stereocenters. The Kier molecular flexibility index (Phi) is 7.77. The molecule has 28 heavy (non-hydrogen) atoms. The summed E-state index contributed by atoms with van der Waals surface area (Å²) >= 11 is 0. The normalized spacial score (nSPS) is 21.7. The molecule has 0 saturated carbocycles. The number of carbonyl (C=O) groups is 2. The standard InChI is InChI=1S/C19H26N4O4.ClH/c1-13-6-7-17(23(26)27)15(10-13)19(25)22-9-3-4-14(12-22)11-21-18(24)16-5-2-8-20-16;/h6-7,10,14,16,20H,2-5,8-9,11-12H2,1H3,(H,21,24);1H. The zero-order valence-corrected chi connectivity index (χ0v) is 16.8. The average Bonchev–Trinajstić information content (AvgIpc) is 3.20. The molecule has 0 bridgehead atoms. The van der Waals surface area contributed by atoms with Crippen LogP contribution in [0, 0.1) is 23.0 Å². The first-order valence-electron chi connectivity index (χ1n) is 9.51. The van der Waals surface area contributed by atoms with Crippen LogP contribution in [-0.4, -0.2) is 53.9 Å². The fraction of sp³-hybridized carbons (Fsp3) is 0.579. The number of piperidine rings is 1. The van der Waals surface area contributed by atoms with Crippen molar-refractivity contribution in [3.63, 3.8) is 0 Å². The van der Waals surface area contributed by atoms with E-state index in [-0.39, 0.29) is 47.4 Å². The third-order valence-electron chi connectivity index (χ3n) is 5.33. The summed E-state index contributed by atoms with van der Waals surface area (Å²) in [4.78, 5) is 37.5. The summed E-state index contributed by atoms with van der Waals surface area (Å²) in [6.07, 6.45) is 3.63. The van der Waals surface area contributed by atoms with E-state index in [9.17, 15) is 19.7 Å². The summed E-state index contributed by atoms with van der Waals surface area (Å²) in [5.41, 5.74) is 0.794. The van der Waals surface area contributed by atoms with Crippen molar-refractivity contribution in [2.24, 2.45) is 5.92 Å². The lowest BCUT2D eigenvalue weighted by Gasteiger charge is -2.33. The molecule has 3 rings (SSSR count). The Bertz CT molecular complexity index is 737. The highest BCUT2D eigenvalue weighted by molar-refractivity contribution is 5.98. The minimum atomic E-state index is -0.511. The number of hydrogen-bond acceptors (Lipinski definition) is 5. The van der Waals surface area contributed by atoms with Crippen molar-refractivity contribution >= 4 is 29.9 Å². The van der Waals surface area contributed by atoms with Gasteiger partial charge in [-0.1, -0.05) is 6.07 Å². The van der Waals surface area contributed by atoms with Crippen LogP contribution in [0.25, 0.3) is 0 Å². The molecule has 154 valence electrons. The Morgan fingerprint density at radius 1 is 1.32 bits per heavy atom. The summed E-state index contributed by atoms with van der Waals surface area (Å²) in [6, 6.07) is 4.50. The molecule has 0 aromatic heterocycles. The molecule has 2 saturated heterocycles. The third-order valence-corrected chi connectivity index (χ3v) is 5.33. The molecule has 9 heteroatoms. The van der Waals surface area contributed by atoms with Crippen LogP contribution in [0.15, 0.2) is 18.2 Å². The minimum Gasteiger partial charge on any atom is -0.354 e. The largest absolute Gasteiger partial charge is 0.354 e. The van der Waals surface area contributed by atoms with Gasteiger partial charge in [-0.15, -0.1) is 12.4 Å². The number of nitro groups is 1. The van der Waals surface area contributed by atoms with Crippen LogP contribution in [0.5, 0.6) is 0 Å². The first kappa shape index (κ1) is 22.1. The molecule has 2 N–H and O–H groups in total. The summed E-state index contributed by atoms with van der Waals surface area (Å²) in [5, 5.41) is 17.4. The highest BCUT2D eigenvalue weighted by Crippen LogP contribution is 2.24. The number of nitro benzene ring substituents is 1. The van der Waals surface area contributed by atoms with Crippen LogP contribution >= 0.6 is 12.4 Å². The molecule has 2 aliphatic rings. The Morgan fingerprint density at radius 2 is 2.11 bits per heavy atom. The Balaban J connectivity index is 0.00000280. The quantitative estimate of drug-likeness (QED) is 0.571. The van der Waals surface area contributed by atoms with Crippen molar-refractivity contribution in [2.75, 3.05) is 26.2 Å². The average molecular weight is 411 g/mol. The van der Waals surface area contributed by atoms with Crippen LogP contribution in [0.1, 0.15) is 41.6 Å². The van der Waals surface area contributed by atoms with Gasteiger partial charge in [-0.2, -0.15) is 0 Å². The van der Waals surface area contributed by atoms with Gasteiger partial charge in [-0.3, -0.25) is 19.7 Å². The van der Waals surface area contributed by atoms with Gasteiger partial charge in [0.15, 0.2) is 0 Å². The second kappa shape index (κ2) is 9.84. The highest BCUT2D eigenvalue weighted by Gasteiger charge is 2.30. The molecule has 2 fully saturated rings. The van der Waals surface area contributed by atoms with Gasteiger partial charge in [0.2, 0.25) is 5.91 Å².